The quantitative estimate of drug-likeness (QED) is 0.831. The van der Waals surface area contributed by atoms with E-state index in [0.717, 1.165) is 70.3 Å². The van der Waals surface area contributed by atoms with Crippen LogP contribution >= 0.6 is 0 Å². The van der Waals surface area contributed by atoms with Crippen molar-refractivity contribution in [2.75, 3.05) is 45.9 Å². The number of morpholine rings is 1. The fourth-order valence-electron chi connectivity index (χ4n) is 3.40. The molecule has 2 aliphatic heterocycles. The summed E-state index contributed by atoms with van der Waals surface area (Å²) in [5.41, 5.74) is 1.03. The lowest BCUT2D eigenvalue weighted by Crippen LogP contribution is -2.41. The first-order valence-corrected chi connectivity index (χ1v) is 9.07. The van der Waals surface area contributed by atoms with E-state index in [4.69, 9.17) is 9.47 Å². The van der Waals surface area contributed by atoms with Crippen molar-refractivity contribution in [2.45, 2.75) is 25.9 Å². The molecule has 0 bridgehead atoms. The van der Waals surface area contributed by atoms with E-state index in [9.17, 15) is 4.79 Å². The first kappa shape index (κ1) is 17.2. The van der Waals surface area contributed by atoms with Crippen molar-refractivity contribution in [3.63, 3.8) is 0 Å². The van der Waals surface area contributed by atoms with E-state index in [2.05, 4.69) is 4.90 Å². The average molecular weight is 332 g/mol. The number of carbonyl (C=O) groups is 1. The largest absolute Gasteiger partial charge is 0.445 e. The third-order valence-electron chi connectivity index (χ3n) is 5.04. The van der Waals surface area contributed by atoms with Crippen LogP contribution in [0, 0.1) is 5.92 Å². The topological polar surface area (TPSA) is 42.0 Å². The van der Waals surface area contributed by atoms with Crippen LogP contribution in [-0.4, -0.2) is 61.8 Å². The molecule has 0 N–H and O–H groups in total. The smallest absolute Gasteiger partial charge is 0.410 e. The van der Waals surface area contributed by atoms with Crippen molar-refractivity contribution >= 4 is 6.09 Å². The molecule has 2 saturated heterocycles. The van der Waals surface area contributed by atoms with Crippen molar-refractivity contribution in [1.82, 2.24) is 9.80 Å². The van der Waals surface area contributed by atoms with Gasteiger partial charge in [-0.1, -0.05) is 30.3 Å². The molecule has 5 nitrogen and oxygen atoms in total. The van der Waals surface area contributed by atoms with E-state index in [-0.39, 0.29) is 6.09 Å². The molecule has 3 rings (SSSR count). The monoisotopic (exact) mass is 332 g/mol. The number of ether oxygens (including phenoxy) is 2. The zero-order chi connectivity index (χ0) is 16.6. The number of carbonyl (C=O) groups excluding carboxylic acids is 1. The van der Waals surface area contributed by atoms with Crippen molar-refractivity contribution in [3.05, 3.63) is 35.9 Å². The highest BCUT2D eigenvalue weighted by Crippen LogP contribution is 2.21. The highest BCUT2D eigenvalue weighted by atomic mass is 16.6. The lowest BCUT2D eigenvalue weighted by atomic mass is 9.93. The molecule has 0 aliphatic carbocycles. The van der Waals surface area contributed by atoms with E-state index < -0.39 is 0 Å². The Hall–Kier alpha value is -1.59. The van der Waals surface area contributed by atoms with Crippen LogP contribution in [-0.2, 0) is 16.1 Å². The molecule has 0 saturated carbocycles. The van der Waals surface area contributed by atoms with Gasteiger partial charge in [-0.2, -0.15) is 0 Å². The minimum Gasteiger partial charge on any atom is -0.445 e. The number of likely N-dealkylation sites (tertiary alicyclic amines) is 1. The molecule has 1 aromatic carbocycles. The molecule has 0 unspecified atom stereocenters. The summed E-state index contributed by atoms with van der Waals surface area (Å²) < 4.78 is 10.8. The van der Waals surface area contributed by atoms with Crippen LogP contribution in [0.5, 0.6) is 0 Å². The summed E-state index contributed by atoms with van der Waals surface area (Å²) in [6.45, 7) is 7.01. The Bertz CT molecular complexity index is 495. The van der Waals surface area contributed by atoms with Gasteiger partial charge in [-0.25, -0.2) is 4.79 Å². The summed E-state index contributed by atoms with van der Waals surface area (Å²) in [5, 5.41) is 0. The predicted molar refractivity (Wildman–Crippen MR) is 92.8 cm³/mol. The van der Waals surface area contributed by atoms with Gasteiger partial charge >= 0.3 is 6.09 Å². The number of benzene rings is 1. The van der Waals surface area contributed by atoms with Gasteiger partial charge in [0.2, 0.25) is 0 Å². The van der Waals surface area contributed by atoms with Crippen LogP contribution in [0.3, 0.4) is 0 Å². The van der Waals surface area contributed by atoms with Gasteiger partial charge in [0.15, 0.2) is 0 Å². The van der Waals surface area contributed by atoms with Crippen molar-refractivity contribution in [3.8, 4) is 0 Å². The number of rotatable bonds is 5. The molecule has 2 aliphatic rings. The minimum atomic E-state index is -0.175. The second kappa shape index (κ2) is 9.04. The summed E-state index contributed by atoms with van der Waals surface area (Å²) in [6, 6.07) is 9.84. The molecular weight excluding hydrogens is 304 g/mol. The number of hydrogen-bond acceptors (Lipinski definition) is 4. The van der Waals surface area contributed by atoms with Gasteiger partial charge in [0.25, 0.3) is 0 Å². The lowest BCUT2D eigenvalue weighted by molar-refractivity contribution is 0.0329. The van der Waals surface area contributed by atoms with Crippen LogP contribution < -0.4 is 0 Å². The first-order chi connectivity index (χ1) is 11.8. The fraction of sp³-hybridized carbons (Fsp3) is 0.632. The van der Waals surface area contributed by atoms with Gasteiger partial charge in [-0.15, -0.1) is 0 Å². The van der Waals surface area contributed by atoms with E-state index in [1.807, 2.05) is 35.2 Å². The Morgan fingerprint density at radius 3 is 2.50 bits per heavy atom. The molecular formula is C19H28N2O3. The number of amides is 1. The van der Waals surface area contributed by atoms with Crippen LogP contribution in [0.15, 0.2) is 30.3 Å². The Balaban J connectivity index is 1.33. The number of piperidine rings is 1. The Morgan fingerprint density at radius 2 is 1.79 bits per heavy atom. The average Bonchev–Trinajstić information content (AvgIpc) is 2.66. The van der Waals surface area contributed by atoms with Crippen molar-refractivity contribution < 1.29 is 14.3 Å². The summed E-state index contributed by atoms with van der Waals surface area (Å²) >= 11 is 0. The fourth-order valence-corrected chi connectivity index (χ4v) is 3.40. The van der Waals surface area contributed by atoms with Gasteiger partial charge < -0.3 is 14.4 Å². The predicted octanol–water partition coefficient (Wildman–Crippen LogP) is 2.76. The van der Waals surface area contributed by atoms with E-state index in [1.54, 1.807) is 0 Å². The normalized spacial score (nSPS) is 20.1. The minimum absolute atomic E-state index is 0.175. The zero-order valence-corrected chi connectivity index (χ0v) is 14.4. The number of nitrogens with zero attached hydrogens (tertiary/aromatic N) is 2. The first-order valence-electron chi connectivity index (χ1n) is 9.07. The van der Waals surface area contributed by atoms with Crippen molar-refractivity contribution in [1.29, 1.82) is 0 Å². The van der Waals surface area contributed by atoms with Gasteiger partial charge in [0, 0.05) is 26.2 Å². The molecule has 2 heterocycles. The molecule has 132 valence electrons. The molecule has 1 amide bonds. The molecule has 0 atom stereocenters. The van der Waals surface area contributed by atoms with Crippen LogP contribution in [0.25, 0.3) is 0 Å². The zero-order valence-electron chi connectivity index (χ0n) is 14.4. The molecule has 5 heteroatoms. The lowest BCUT2D eigenvalue weighted by Gasteiger charge is -2.33. The molecule has 0 aromatic heterocycles. The third-order valence-corrected chi connectivity index (χ3v) is 5.04. The van der Waals surface area contributed by atoms with Crippen molar-refractivity contribution in [2.24, 2.45) is 5.92 Å². The van der Waals surface area contributed by atoms with Gasteiger partial charge in [0.1, 0.15) is 6.61 Å². The summed E-state index contributed by atoms with van der Waals surface area (Å²) in [4.78, 5) is 16.5. The van der Waals surface area contributed by atoms with Gasteiger partial charge in [-0.3, -0.25) is 4.90 Å². The third kappa shape index (κ3) is 5.21. The molecule has 0 radical (unpaired) electrons. The van der Waals surface area contributed by atoms with Crippen LogP contribution in [0.1, 0.15) is 24.8 Å². The highest BCUT2D eigenvalue weighted by molar-refractivity contribution is 5.67. The molecule has 0 spiro atoms. The van der Waals surface area contributed by atoms with E-state index in [1.165, 1.54) is 6.42 Å². The second-order valence-corrected chi connectivity index (χ2v) is 6.71. The maximum Gasteiger partial charge on any atom is 0.410 e. The van der Waals surface area contributed by atoms with Crippen LogP contribution in [0.2, 0.25) is 0 Å². The highest BCUT2D eigenvalue weighted by Gasteiger charge is 2.24. The van der Waals surface area contributed by atoms with E-state index >= 15 is 0 Å². The molecule has 2 fully saturated rings. The molecule has 1 aromatic rings. The van der Waals surface area contributed by atoms with E-state index in [0.29, 0.717) is 6.61 Å². The second-order valence-electron chi connectivity index (χ2n) is 6.71. The summed E-state index contributed by atoms with van der Waals surface area (Å²) in [7, 11) is 0. The SMILES string of the molecule is O=C(OCc1ccccc1)N1CCC(CCN2CCOCC2)CC1. The summed E-state index contributed by atoms with van der Waals surface area (Å²) in [6.07, 6.45) is 3.23. The Morgan fingerprint density at radius 1 is 1.08 bits per heavy atom. The Kier molecular flexibility index (Phi) is 6.49. The molecule has 24 heavy (non-hydrogen) atoms. The maximum atomic E-state index is 12.2. The number of hydrogen-bond donors (Lipinski definition) is 0. The van der Waals surface area contributed by atoms with Gasteiger partial charge in [0.05, 0.1) is 13.2 Å². The summed E-state index contributed by atoms with van der Waals surface area (Å²) in [5.74, 6) is 0.728. The van der Waals surface area contributed by atoms with Crippen LogP contribution in [0.4, 0.5) is 4.79 Å². The Labute approximate surface area is 144 Å². The standard InChI is InChI=1S/C19H28N2O3/c22-19(24-16-18-4-2-1-3-5-18)21-10-7-17(8-11-21)6-9-20-12-14-23-15-13-20/h1-5,17H,6-16H2. The maximum absolute atomic E-state index is 12.2. The van der Waals surface area contributed by atoms with Gasteiger partial charge in [-0.05, 0) is 37.3 Å².